The van der Waals surface area contributed by atoms with Crippen molar-refractivity contribution < 1.29 is 75.6 Å². The molecule has 0 saturated carbocycles. The van der Waals surface area contributed by atoms with Crippen molar-refractivity contribution in [1.29, 1.82) is 0 Å². The van der Waals surface area contributed by atoms with Crippen LogP contribution >= 0.6 is 0 Å². The van der Waals surface area contributed by atoms with Crippen LogP contribution in [0.2, 0.25) is 0 Å². The number of aryl methyl sites for hydroxylation is 1. The summed E-state index contributed by atoms with van der Waals surface area (Å²) in [6, 6.07) is 7.79. The number of anilines is 1. The van der Waals surface area contributed by atoms with Crippen LogP contribution in [0.15, 0.2) is 24.3 Å². The third-order valence-electron chi connectivity index (χ3n) is 1.08. The summed E-state index contributed by atoms with van der Waals surface area (Å²) in [6.07, 6.45) is 0. The summed E-state index contributed by atoms with van der Waals surface area (Å²) in [6.45, 7) is 2.04. The molecule has 0 aliphatic heterocycles. The van der Waals surface area contributed by atoms with Gasteiger partial charge in [0.2, 0.25) is 0 Å². The number of halogens is 6. The standard InChI is InChI=1S/C7H9N.6FH.12H2O.6O.6Sb/c1-6-2-4-7(8)5-3-6;;;;;;;;;;;;;;;;;;;;;;;;;;;;;;/h2-5H,8H2,1H3;6*1H;12*1H2;;;;;;;;;;;;/q;;;;;;;;;;;;;;;;;;;;;;;;;6*+3/p-18. The van der Waals surface area contributed by atoms with Crippen LogP contribution in [0, 0.1) is 6.92 Å². The molecule has 0 aliphatic carbocycles. The maximum absolute atomic E-state index is 10.4. The van der Waals surface area contributed by atoms with Crippen LogP contribution in [0.4, 0.5) is 22.6 Å². The molecule has 19 nitrogen and oxygen atoms in total. The Kier molecular flexibility index (Phi) is 33.5. The summed E-state index contributed by atoms with van der Waals surface area (Å²) < 4.78 is 200. The van der Waals surface area contributed by atoms with Crippen LogP contribution in [-0.2, 0) is 18.1 Å². The van der Waals surface area contributed by atoms with Gasteiger partial charge >= 0.3 is 197 Å². The number of benzene rings is 1. The van der Waals surface area contributed by atoms with E-state index in [1.54, 1.807) is 0 Å². The second-order valence-corrected chi connectivity index (χ2v) is 20.9. The molecule has 14 N–H and O–H groups in total. The molecule has 0 saturated heterocycles. The van der Waals surface area contributed by atoms with Crippen LogP contribution in [0.1, 0.15) is 5.56 Å². The van der Waals surface area contributed by atoms with Gasteiger partial charge in [-0.2, -0.15) is 0 Å². The third kappa shape index (κ3) is 367. The Balaban J connectivity index is -0.0000000795. The summed E-state index contributed by atoms with van der Waals surface area (Å²) in [7, 11) is 0. The second-order valence-electron chi connectivity index (χ2n) is 4.75. The molecule has 0 aromatic heterocycles. The van der Waals surface area contributed by atoms with Gasteiger partial charge in [-0.1, -0.05) is 17.7 Å². The molecule has 0 heterocycles. The second kappa shape index (κ2) is 24.3. The maximum atomic E-state index is 10.4. The zero-order valence-electron chi connectivity index (χ0n) is 17.7. The first kappa shape index (κ1) is 52.5. The number of nitrogen functional groups attached to an aromatic ring is 1. The van der Waals surface area contributed by atoms with Crippen molar-refractivity contribution in [2.24, 2.45) is 0 Å². The number of nitrogens with two attached hydrogens (primary N) is 1. The van der Waals surface area contributed by atoms with Crippen molar-refractivity contribution in [2.45, 2.75) is 6.92 Å². The predicted molar refractivity (Wildman–Crippen MR) is 108 cm³/mol. The first-order chi connectivity index (χ1) is 15.8. The average molecular weight is 1250 g/mol. The Bertz CT molecular complexity index is 781. The Hall–Kier alpha value is 1.83. The van der Waals surface area contributed by atoms with Crippen LogP contribution in [0.5, 0.6) is 0 Å². The quantitative estimate of drug-likeness (QED) is 0.0654. The normalized spacial score (nSPS) is 11.2. The minimum absolute atomic E-state index is 0.829. The van der Waals surface area contributed by atoms with Gasteiger partial charge in [-0.25, -0.2) is 0 Å². The molecule has 0 atom stereocenters. The monoisotopic (exact) mass is 1250 g/mol. The van der Waals surface area contributed by atoms with E-state index in [2.05, 4.69) is 0 Å². The van der Waals surface area contributed by atoms with E-state index in [-0.39, 0.29) is 0 Å². The van der Waals surface area contributed by atoms with Gasteiger partial charge in [-0.05, 0) is 19.1 Å². The number of hydrogen-bond donors (Lipinski definition) is 13. The molecule has 0 fully saturated rings. The van der Waals surface area contributed by atoms with Crippen LogP contribution in [0.25, 0.3) is 0 Å². The average Bonchev–Trinajstić information content (AvgIpc) is 2.39. The van der Waals surface area contributed by atoms with E-state index in [0.717, 1.165) is 5.69 Å². The molecule has 38 heavy (non-hydrogen) atoms. The molecule has 0 amide bonds. The van der Waals surface area contributed by atoms with Crippen molar-refractivity contribution >= 4 is 127 Å². The summed E-state index contributed by atoms with van der Waals surface area (Å²) in [4.78, 5) is 0. The van der Waals surface area contributed by atoms with E-state index >= 15 is 0 Å². The Morgan fingerprint density at radius 1 is 0.447 bits per heavy atom. The van der Waals surface area contributed by atoms with E-state index in [1.165, 1.54) is 5.56 Å². The van der Waals surface area contributed by atoms with Crippen molar-refractivity contribution in [3.8, 4) is 0 Å². The van der Waals surface area contributed by atoms with Gasteiger partial charge < -0.3 is 5.73 Å². The van der Waals surface area contributed by atoms with Crippen molar-refractivity contribution in [1.82, 2.24) is 0 Å². The van der Waals surface area contributed by atoms with Gasteiger partial charge in [0.15, 0.2) is 0 Å². The molecule has 0 spiro atoms. The van der Waals surface area contributed by atoms with E-state index in [9.17, 15) is 16.9 Å². The van der Waals surface area contributed by atoms with Gasteiger partial charge in [0.05, 0.1) is 0 Å². The van der Waals surface area contributed by atoms with E-state index < -0.39 is 121 Å². The Morgan fingerprint density at radius 2 is 0.553 bits per heavy atom. The summed E-state index contributed by atoms with van der Waals surface area (Å²) in [5.41, 5.74) is 7.51. The third-order valence-corrected chi connectivity index (χ3v) is 1.08. The molecule has 0 bridgehead atoms. The SMILES string of the molecule is Cc1ccc(N)cc1.[O]=[Sb]([OH])([OH])[F].[O]=[Sb]([OH])([OH])[F].[O]=[Sb]([OH])([OH])[F].[O]=[Sb]([OH])([OH])[F].[O]=[Sb]([OH])([OH])[F].[O]=[Sb]([OH])([OH])[F]. The fraction of sp³-hybridized carbons (Fsp3) is 0.143. The molecule has 0 unspecified atom stereocenters. The van der Waals surface area contributed by atoms with Crippen LogP contribution < -0.4 is 5.73 Å². The molecule has 0 radical (unpaired) electrons. The van der Waals surface area contributed by atoms with E-state index in [0.29, 0.717) is 0 Å². The predicted octanol–water partition coefficient (Wildman–Crippen LogP) is -5.58. The fourth-order valence-corrected chi connectivity index (χ4v) is 0.566. The summed E-state index contributed by atoms with van der Waals surface area (Å²) in [5, 5.41) is 0. The zero-order chi connectivity index (χ0) is 33.0. The summed E-state index contributed by atoms with van der Waals surface area (Å²) in [5.74, 6) is 0. The molecule has 1 aromatic rings. The molecule has 1 rings (SSSR count). The minimum atomic E-state index is -5.85. The van der Waals surface area contributed by atoms with Crippen LogP contribution in [0.3, 0.4) is 0 Å². The first-order valence-corrected chi connectivity index (χ1v) is 32.9. The molecule has 1 aromatic carbocycles. The molecule has 31 heteroatoms. The van der Waals surface area contributed by atoms with Gasteiger partial charge in [0, 0.05) is 5.69 Å². The van der Waals surface area contributed by atoms with Crippen molar-refractivity contribution in [3.05, 3.63) is 29.8 Å². The van der Waals surface area contributed by atoms with Crippen molar-refractivity contribution in [3.63, 3.8) is 0 Å². The van der Waals surface area contributed by atoms with Crippen molar-refractivity contribution in [2.75, 3.05) is 5.73 Å². The zero-order valence-corrected chi connectivity index (χ0v) is 33.0. The topological polar surface area (TPSA) is 371 Å². The number of hydrogen-bond acceptors (Lipinski definition) is 7. The van der Waals surface area contributed by atoms with Gasteiger partial charge in [-0.15, -0.1) is 0 Å². The van der Waals surface area contributed by atoms with Crippen LogP contribution in [-0.4, -0.2) is 162 Å². The number of rotatable bonds is 0. The van der Waals surface area contributed by atoms with Gasteiger partial charge in [-0.3, -0.25) is 0 Å². The fourth-order valence-electron chi connectivity index (χ4n) is 0.566. The molecular weight excluding hydrogens is 1230 g/mol. The van der Waals surface area contributed by atoms with E-state index in [1.807, 2.05) is 31.2 Å². The summed E-state index contributed by atoms with van der Waals surface area (Å²) >= 11 is -35.1. The molecule has 0 aliphatic rings. The Labute approximate surface area is 241 Å². The van der Waals surface area contributed by atoms with Gasteiger partial charge in [0.1, 0.15) is 0 Å². The Morgan fingerprint density at radius 3 is 0.632 bits per heavy atom. The van der Waals surface area contributed by atoms with Gasteiger partial charge in [0.25, 0.3) is 0 Å². The molecule has 234 valence electrons. The molecular formula is C7H21F6NO18Sb6. The first-order valence-electron chi connectivity index (χ1n) is 7.12. The van der Waals surface area contributed by atoms with E-state index in [4.69, 9.17) is 64.5 Å².